The Morgan fingerprint density at radius 1 is 0.926 bits per heavy atom. The molecular formula is C18H17Cl3N4O2. The van der Waals surface area contributed by atoms with Crippen LogP contribution in [0, 0.1) is 0 Å². The number of nitrogens with one attached hydrogen (secondary N) is 1. The quantitative estimate of drug-likeness (QED) is 0.550. The van der Waals surface area contributed by atoms with Crippen LogP contribution in [-0.4, -0.2) is 21.5 Å². The predicted molar refractivity (Wildman–Crippen MR) is 107 cm³/mol. The van der Waals surface area contributed by atoms with Crippen molar-refractivity contribution < 1.29 is 9.47 Å². The van der Waals surface area contributed by atoms with Gasteiger partial charge in [-0.05, 0) is 30.7 Å². The topological polar surface area (TPSA) is 61.2 Å². The predicted octanol–water partition coefficient (Wildman–Crippen LogP) is 4.96. The van der Waals surface area contributed by atoms with Crippen molar-refractivity contribution in [2.75, 3.05) is 12.0 Å². The third kappa shape index (κ3) is 5.19. The molecule has 3 aromatic rings. The lowest BCUT2D eigenvalue weighted by atomic mass is 10.2. The molecule has 1 heterocycles. The van der Waals surface area contributed by atoms with Crippen LogP contribution in [0.1, 0.15) is 18.1 Å². The molecule has 0 bridgehead atoms. The maximum atomic E-state index is 6.42. The van der Waals surface area contributed by atoms with Crippen LogP contribution in [0.3, 0.4) is 0 Å². The Hall–Kier alpha value is -2.15. The summed E-state index contributed by atoms with van der Waals surface area (Å²) in [5.74, 6) is 1.15. The van der Waals surface area contributed by atoms with E-state index in [0.29, 0.717) is 39.7 Å². The monoisotopic (exact) mass is 426 g/mol. The molecule has 0 aliphatic heterocycles. The molecule has 1 aromatic heterocycles. The summed E-state index contributed by atoms with van der Waals surface area (Å²) in [7, 11) is 0. The molecule has 142 valence electrons. The average molecular weight is 428 g/mol. The van der Waals surface area contributed by atoms with Gasteiger partial charge in [-0.25, -0.2) is 4.68 Å². The number of aromatic nitrogens is 3. The second-order valence-corrected chi connectivity index (χ2v) is 6.80. The van der Waals surface area contributed by atoms with Crippen molar-refractivity contribution in [3.8, 4) is 11.5 Å². The first kappa shape index (κ1) is 19.6. The standard InChI is InChI=1S/C18H17Cl3N4O2/c1-2-26-17-5-13(8-24-25-10-22-23-11-25)16(21)7-18(17)27-9-12-3-4-14(19)6-15(12)20/h3-7,10-11,24H,2,8-9H2,1H3. The molecule has 9 heteroatoms. The van der Waals surface area contributed by atoms with E-state index in [2.05, 4.69) is 15.6 Å². The van der Waals surface area contributed by atoms with Gasteiger partial charge in [0.05, 0.1) is 13.2 Å². The van der Waals surface area contributed by atoms with E-state index < -0.39 is 0 Å². The van der Waals surface area contributed by atoms with Crippen LogP contribution in [0.2, 0.25) is 15.1 Å². The number of rotatable bonds is 8. The fourth-order valence-corrected chi connectivity index (χ4v) is 3.03. The van der Waals surface area contributed by atoms with Crippen molar-refractivity contribution in [3.05, 3.63) is 69.2 Å². The number of benzene rings is 2. The maximum Gasteiger partial charge on any atom is 0.163 e. The van der Waals surface area contributed by atoms with Crippen molar-refractivity contribution in [2.45, 2.75) is 20.1 Å². The van der Waals surface area contributed by atoms with Gasteiger partial charge < -0.3 is 14.9 Å². The molecule has 0 aliphatic rings. The van der Waals surface area contributed by atoms with E-state index in [1.54, 1.807) is 35.5 Å². The Bertz CT molecular complexity index is 904. The molecular weight excluding hydrogens is 411 g/mol. The van der Waals surface area contributed by atoms with E-state index in [-0.39, 0.29) is 6.61 Å². The first-order chi connectivity index (χ1) is 13.1. The summed E-state index contributed by atoms with van der Waals surface area (Å²) in [5, 5.41) is 9.15. The first-order valence-corrected chi connectivity index (χ1v) is 9.30. The van der Waals surface area contributed by atoms with Gasteiger partial charge in [-0.1, -0.05) is 40.9 Å². The molecule has 1 N–H and O–H groups in total. The molecule has 0 saturated heterocycles. The molecule has 0 unspecified atom stereocenters. The molecule has 2 aromatic carbocycles. The average Bonchev–Trinajstić information content (AvgIpc) is 3.15. The van der Waals surface area contributed by atoms with Crippen LogP contribution < -0.4 is 14.9 Å². The zero-order valence-electron chi connectivity index (χ0n) is 14.5. The van der Waals surface area contributed by atoms with Gasteiger partial charge in [0.2, 0.25) is 0 Å². The zero-order valence-corrected chi connectivity index (χ0v) is 16.7. The molecule has 27 heavy (non-hydrogen) atoms. The Morgan fingerprint density at radius 3 is 2.33 bits per heavy atom. The minimum atomic E-state index is 0.269. The fourth-order valence-electron chi connectivity index (χ4n) is 2.35. The molecule has 0 amide bonds. The van der Waals surface area contributed by atoms with Crippen LogP contribution in [0.4, 0.5) is 0 Å². The van der Waals surface area contributed by atoms with Crippen LogP contribution in [-0.2, 0) is 13.2 Å². The lowest BCUT2D eigenvalue weighted by Gasteiger charge is -2.16. The number of ether oxygens (including phenoxy) is 2. The highest BCUT2D eigenvalue weighted by molar-refractivity contribution is 6.35. The first-order valence-electron chi connectivity index (χ1n) is 8.17. The van der Waals surface area contributed by atoms with Gasteiger partial charge in [0.25, 0.3) is 0 Å². The fraction of sp³-hybridized carbons (Fsp3) is 0.222. The summed E-state index contributed by atoms with van der Waals surface area (Å²) in [6.07, 6.45) is 3.12. The van der Waals surface area contributed by atoms with Crippen molar-refractivity contribution in [1.82, 2.24) is 14.9 Å². The molecule has 6 nitrogen and oxygen atoms in total. The summed E-state index contributed by atoms with van der Waals surface area (Å²) < 4.78 is 13.3. The van der Waals surface area contributed by atoms with E-state index >= 15 is 0 Å². The zero-order chi connectivity index (χ0) is 19.2. The highest BCUT2D eigenvalue weighted by Crippen LogP contribution is 2.35. The highest BCUT2D eigenvalue weighted by atomic mass is 35.5. The van der Waals surface area contributed by atoms with E-state index in [0.717, 1.165) is 11.1 Å². The summed E-state index contributed by atoms with van der Waals surface area (Å²) in [5.41, 5.74) is 4.79. The van der Waals surface area contributed by atoms with Gasteiger partial charge in [-0.3, -0.25) is 0 Å². The maximum absolute atomic E-state index is 6.42. The normalized spacial score (nSPS) is 10.7. The Balaban J connectivity index is 1.76. The minimum Gasteiger partial charge on any atom is -0.490 e. The van der Waals surface area contributed by atoms with Gasteiger partial charge in [-0.15, -0.1) is 10.2 Å². The van der Waals surface area contributed by atoms with Crippen LogP contribution in [0.15, 0.2) is 43.0 Å². The molecule has 0 fully saturated rings. The molecule has 0 saturated carbocycles. The van der Waals surface area contributed by atoms with Gasteiger partial charge in [-0.2, -0.15) is 0 Å². The van der Waals surface area contributed by atoms with E-state index in [1.165, 1.54) is 0 Å². The molecule has 3 rings (SSSR count). The largest absolute Gasteiger partial charge is 0.490 e. The van der Waals surface area contributed by atoms with Crippen LogP contribution in [0.25, 0.3) is 0 Å². The molecule has 0 radical (unpaired) electrons. The number of hydrogen-bond donors (Lipinski definition) is 1. The van der Waals surface area contributed by atoms with Gasteiger partial charge in [0.1, 0.15) is 19.3 Å². The Morgan fingerprint density at radius 2 is 1.63 bits per heavy atom. The van der Waals surface area contributed by atoms with Gasteiger partial charge in [0.15, 0.2) is 11.5 Å². The molecule has 0 aliphatic carbocycles. The summed E-state index contributed by atoms with van der Waals surface area (Å²) in [6.45, 7) is 3.15. The third-order valence-corrected chi connectivity index (χ3v) is 4.62. The Kier molecular flexibility index (Phi) is 6.66. The lowest BCUT2D eigenvalue weighted by molar-refractivity contribution is 0.269. The number of halogens is 3. The van der Waals surface area contributed by atoms with E-state index in [4.69, 9.17) is 44.3 Å². The SMILES string of the molecule is CCOc1cc(CNn2cnnc2)c(Cl)cc1OCc1ccc(Cl)cc1Cl. The summed E-state index contributed by atoms with van der Waals surface area (Å²) >= 11 is 18.5. The second kappa shape index (κ2) is 9.17. The smallest absolute Gasteiger partial charge is 0.163 e. The van der Waals surface area contributed by atoms with Crippen LogP contribution >= 0.6 is 34.8 Å². The summed E-state index contributed by atoms with van der Waals surface area (Å²) in [6, 6.07) is 8.85. The van der Waals surface area contributed by atoms with E-state index in [9.17, 15) is 0 Å². The number of nitrogens with zero attached hydrogens (tertiary/aromatic N) is 3. The number of hydrogen-bond acceptors (Lipinski definition) is 5. The van der Waals surface area contributed by atoms with E-state index in [1.807, 2.05) is 19.1 Å². The second-order valence-electron chi connectivity index (χ2n) is 5.55. The van der Waals surface area contributed by atoms with Gasteiger partial charge in [0, 0.05) is 26.7 Å². The summed E-state index contributed by atoms with van der Waals surface area (Å²) in [4.78, 5) is 0. The van der Waals surface area contributed by atoms with Crippen molar-refractivity contribution in [2.24, 2.45) is 0 Å². The van der Waals surface area contributed by atoms with Gasteiger partial charge >= 0.3 is 0 Å². The highest BCUT2D eigenvalue weighted by Gasteiger charge is 2.12. The molecule has 0 spiro atoms. The molecule has 0 atom stereocenters. The van der Waals surface area contributed by atoms with Crippen molar-refractivity contribution in [3.63, 3.8) is 0 Å². The Labute approximate surface area is 171 Å². The third-order valence-electron chi connectivity index (χ3n) is 3.68. The van der Waals surface area contributed by atoms with Crippen LogP contribution in [0.5, 0.6) is 11.5 Å². The van der Waals surface area contributed by atoms with Crippen molar-refractivity contribution >= 4 is 34.8 Å². The van der Waals surface area contributed by atoms with Crippen molar-refractivity contribution in [1.29, 1.82) is 0 Å². The minimum absolute atomic E-state index is 0.269. The lowest BCUT2D eigenvalue weighted by Crippen LogP contribution is -2.12.